The molecule has 0 aromatic heterocycles. The zero-order chi connectivity index (χ0) is 14.1. The van der Waals surface area contributed by atoms with Crippen LogP contribution >= 0.6 is 11.6 Å². The molecule has 0 amide bonds. The molecule has 0 saturated carbocycles. The third-order valence-corrected chi connectivity index (χ3v) is 5.34. The second-order valence-electron chi connectivity index (χ2n) is 4.52. The lowest BCUT2D eigenvalue weighted by Gasteiger charge is -2.31. The van der Waals surface area contributed by atoms with Crippen LogP contribution in [0.25, 0.3) is 0 Å². The van der Waals surface area contributed by atoms with E-state index in [4.69, 9.17) is 21.1 Å². The van der Waals surface area contributed by atoms with Gasteiger partial charge in [-0.25, -0.2) is 12.7 Å². The third kappa shape index (κ3) is 6.40. The van der Waals surface area contributed by atoms with Crippen LogP contribution in [0.1, 0.15) is 26.2 Å². The molecule has 0 spiro atoms. The number of hydrogen-bond donors (Lipinski definition) is 0. The average molecular weight is 314 g/mol. The van der Waals surface area contributed by atoms with Gasteiger partial charge in [-0.15, -0.1) is 11.6 Å². The molecule has 1 aliphatic rings. The van der Waals surface area contributed by atoms with Gasteiger partial charge in [0, 0.05) is 25.6 Å². The van der Waals surface area contributed by atoms with Crippen molar-refractivity contribution in [2.45, 2.75) is 32.3 Å². The Labute approximate surface area is 121 Å². The lowest BCUT2D eigenvalue weighted by molar-refractivity contribution is -0.0121. The minimum atomic E-state index is -3.13. The second-order valence-corrected chi connectivity index (χ2v) is 6.99. The fourth-order valence-corrected chi connectivity index (χ4v) is 3.89. The zero-order valence-corrected chi connectivity index (χ0v) is 13.1. The molecule has 0 aromatic carbocycles. The molecule has 19 heavy (non-hydrogen) atoms. The highest BCUT2D eigenvalue weighted by molar-refractivity contribution is 7.89. The third-order valence-electron chi connectivity index (χ3n) is 3.12. The van der Waals surface area contributed by atoms with Crippen LogP contribution in [0.2, 0.25) is 0 Å². The first-order valence-electron chi connectivity index (χ1n) is 6.83. The van der Waals surface area contributed by atoms with Gasteiger partial charge in [-0.2, -0.15) is 0 Å². The summed E-state index contributed by atoms with van der Waals surface area (Å²) in [6.07, 6.45) is 2.17. The molecular weight excluding hydrogens is 290 g/mol. The van der Waals surface area contributed by atoms with E-state index in [1.807, 2.05) is 6.92 Å². The Bertz CT molecular complexity index is 329. The monoisotopic (exact) mass is 313 g/mol. The quantitative estimate of drug-likeness (QED) is 0.478. The van der Waals surface area contributed by atoms with Gasteiger partial charge in [0.2, 0.25) is 10.0 Å². The van der Waals surface area contributed by atoms with Gasteiger partial charge < -0.3 is 9.47 Å². The topological polar surface area (TPSA) is 55.8 Å². The predicted octanol–water partition coefficient (Wildman–Crippen LogP) is 1.46. The van der Waals surface area contributed by atoms with Gasteiger partial charge in [-0.1, -0.05) is 0 Å². The van der Waals surface area contributed by atoms with E-state index < -0.39 is 10.0 Å². The number of ether oxygens (including phenoxy) is 2. The zero-order valence-electron chi connectivity index (χ0n) is 11.5. The smallest absolute Gasteiger partial charge is 0.214 e. The summed E-state index contributed by atoms with van der Waals surface area (Å²) in [7, 11) is -3.13. The van der Waals surface area contributed by atoms with Crippen molar-refractivity contribution in [1.82, 2.24) is 4.31 Å². The SMILES string of the molecule is CCOCCOC1CCN(S(=O)(=O)CCCCl)CC1. The van der Waals surface area contributed by atoms with Crippen molar-refractivity contribution in [1.29, 1.82) is 0 Å². The summed E-state index contributed by atoms with van der Waals surface area (Å²) in [6.45, 7) is 4.92. The van der Waals surface area contributed by atoms with Crippen LogP contribution in [-0.2, 0) is 19.5 Å². The second kappa shape index (κ2) is 9.13. The van der Waals surface area contributed by atoms with Crippen molar-refractivity contribution in [3.63, 3.8) is 0 Å². The molecule has 0 unspecified atom stereocenters. The maximum absolute atomic E-state index is 12.0. The molecule has 0 bridgehead atoms. The molecule has 1 saturated heterocycles. The predicted molar refractivity (Wildman–Crippen MR) is 76.2 cm³/mol. The summed E-state index contributed by atoms with van der Waals surface area (Å²) in [5.74, 6) is 0.530. The fourth-order valence-electron chi connectivity index (χ4n) is 2.06. The minimum absolute atomic E-state index is 0.145. The molecular formula is C12H24ClNO4S. The minimum Gasteiger partial charge on any atom is -0.379 e. The largest absolute Gasteiger partial charge is 0.379 e. The van der Waals surface area contributed by atoms with E-state index in [0.717, 1.165) is 12.8 Å². The number of sulfonamides is 1. The highest BCUT2D eigenvalue weighted by Gasteiger charge is 2.27. The van der Waals surface area contributed by atoms with Crippen molar-refractivity contribution in [2.75, 3.05) is 44.5 Å². The van der Waals surface area contributed by atoms with Gasteiger partial charge in [0.05, 0.1) is 25.1 Å². The lowest BCUT2D eigenvalue weighted by Crippen LogP contribution is -2.42. The maximum Gasteiger partial charge on any atom is 0.214 e. The molecule has 0 aromatic rings. The molecule has 1 rings (SSSR count). The number of piperidine rings is 1. The van der Waals surface area contributed by atoms with Crippen LogP contribution < -0.4 is 0 Å². The molecule has 1 heterocycles. The van der Waals surface area contributed by atoms with Gasteiger partial charge in [0.25, 0.3) is 0 Å². The Morgan fingerprint density at radius 1 is 1.26 bits per heavy atom. The first-order chi connectivity index (χ1) is 9.10. The fraction of sp³-hybridized carbons (Fsp3) is 1.00. The van der Waals surface area contributed by atoms with Gasteiger partial charge in [0.1, 0.15) is 0 Å². The van der Waals surface area contributed by atoms with Crippen LogP contribution in [0.3, 0.4) is 0 Å². The van der Waals surface area contributed by atoms with E-state index in [9.17, 15) is 8.42 Å². The van der Waals surface area contributed by atoms with E-state index in [1.54, 1.807) is 4.31 Å². The van der Waals surface area contributed by atoms with Crippen LogP contribution in [0, 0.1) is 0 Å². The molecule has 1 aliphatic heterocycles. The normalized spacial score (nSPS) is 18.8. The number of alkyl halides is 1. The summed E-state index contributed by atoms with van der Waals surface area (Å²) in [4.78, 5) is 0. The van der Waals surface area contributed by atoms with Crippen LogP contribution in [0.4, 0.5) is 0 Å². The Morgan fingerprint density at radius 2 is 1.95 bits per heavy atom. The Morgan fingerprint density at radius 3 is 2.53 bits per heavy atom. The van der Waals surface area contributed by atoms with Crippen LogP contribution in [0.5, 0.6) is 0 Å². The van der Waals surface area contributed by atoms with E-state index in [0.29, 0.717) is 45.2 Å². The van der Waals surface area contributed by atoms with E-state index in [1.165, 1.54) is 0 Å². The highest BCUT2D eigenvalue weighted by Crippen LogP contribution is 2.17. The van der Waals surface area contributed by atoms with Crippen molar-refractivity contribution in [3.8, 4) is 0 Å². The maximum atomic E-state index is 12.0. The Hall–Kier alpha value is 0.120. The summed E-state index contributed by atoms with van der Waals surface area (Å²) < 4.78 is 36.3. The molecule has 0 atom stereocenters. The Balaban J connectivity index is 2.24. The number of hydrogen-bond acceptors (Lipinski definition) is 4. The van der Waals surface area contributed by atoms with Gasteiger partial charge in [-0.05, 0) is 26.2 Å². The van der Waals surface area contributed by atoms with Crippen LogP contribution in [-0.4, -0.2) is 63.4 Å². The van der Waals surface area contributed by atoms with Crippen LogP contribution in [0.15, 0.2) is 0 Å². The van der Waals surface area contributed by atoms with E-state index >= 15 is 0 Å². The van der Waals surface area contributed by atoms with Crippen molar-refractivity contribution in [3.05, 3.63) is 0 Å². The highest BCUT2D eigenvalue weighted by atomic mass is 35.5. The molecule has 7 heteroatoms. The summed E-state index contributed by atoms with van der Waals surface area (Å²) in [5, 5.41) is 0. The molecule has 5 nitrogen and oxygen atoms in total. The standard InChI is InChI=1S/C12H24ClNO4S/c1-2-17-9-10-18-12-4-7-14(8-5-12)19(15,16)11-3-6-13/h12H,2-11H2,1H3. The van der Waals surface area contributed by atoms with Crippen molar-refractivity contribution < 1.29 is 17.9 Å². The molecule has 0 radical (unpaired) electrons. The van der Waals surface area contributed by atoms with Crippen molar-refractivity contribution >= 4 is 21.6 Å². The Kier molecular flexibility index (Phi) is 8.25. The van der Waals surface area contributed by atoms with E-state index in [2.05, 4.69) is 0 Å². The summed E-state index contributed by atoms with van der Waals surface area (Å²) in [6, 6.07) is 0. The molecule has 0 aliphatic carbocycles. The first kappa shape index (κ1) is 17.2. The van der Waals surface area contributed by atoms with Gasteiger partial charge in [0.15, 0.2) is 0 Å². The average Bonchev–Trinajstić information content (AvgIpc) is 2.42. The van der Waals surface area contributed by atoms with Gasteiger partial charge in [-0.3, -0.25) is 0 Å². The molecule has 114 valence electrons. The number of nitrogens with zero attached hydrogens (tertiary/aromatic N) is 1. The van der Waals surface area contributed by atoms with E-state index in [-0.39, 0.29) is 11.9 Å². The summed E-state index contributed by atoms with van der Waals surface area (Å²) in [5.41, 5.74) is 0. The number of rotatable bonds is 9. The number of halogens is 1. The van der Waals surface area contributed by atoms with Crippen molar-refractivity contribution in [2.24, 2.45) is 0 Å². The summed E-state index contributed by atoms with van der Waals surface area (Å²) >= 11 is 5.54. The van der Waals surface area contributed by atoms with Gasteiger partial charge >= 0.3 is 0 Å². The first-order valence-corrected chi connectivity index (χ1v) is 8.97. The molecule has 0 N–H and O–H groups in total. The lowest BCUT2D eigenvalue weighted by atomic mass is 10.1. The molecule has 1 fully saturated rings.